The van der Waals surface area contributed by atoms with Crippen LogP contribution in [0.3, 0.4) is 0 Å². The van der Waals surface area contributed by atoms with Crippen LogP contribution in [0.25, 0.3) is 0 Å². The Morgan fingerprint density at radius 2 is 1.76 bits per heavy atom. The maximum absolute atomic E-state index is 12.7. The SMILES string of the molecule is CC(C)(C)OC(=O)N1CCC(CNC(=O)[C@H](NC(=O)C[O])c2ccccc2)CC1. The van der Waals surface area contributed by atoms with Crippen LogP contribution in [-0.2, 0) is 19.4 Å². The van der Waals surface area contributed by atoms with E-state index in [9.17, 15) is 19.5 Å². The third-order valence-electron chi connectivity index (χ3n) is 4.66. The molecule has 0 unspecified atom stereocenters. The molecule has 1 aliphatic rings. The van der Waals surface area contributed by atoms with Gasteiger partial charge in [-0.3, -0.25) is 9.59 Å². The fraction of sp³-hybridized carbons (Fsp3) is 0.571. The lowest BCUT2D eigenvalue weighted by atomic mass is 9.96. The molecule has 1 fully saturated rings. The Kier molecular flexibility index (Phi) is 8.01. The van der Waals surface area contributed by atoms with Crippen molar-refractivity contribution in [2.45, 2.75) is 45.3 Å². The molecule has 29 heavy (non-hydrogen) atoms. The van der Waals surface area contributed by atoms with Gasteiger partial charge in [0.25, 0.3) is 0 Å². The number of carbonyl (C=O) groups excluding carboxylic acids is 3. The highest BCUT2D eigenvalue weighted by molar-refractivity contribution is 5.88. The zero-order chi connectivity index (χ0) is 21.4. The van der Waals surface area contributed by atoms with E-state index in [2.05, 4.69) is 10.6 Å². The van der Waals surface area contributed by atoms with Crippen molar-refractivity contribution >= 4 is 17.9 Å². The average molecular weight is 404 g/mol. The van der Waals surface area contributed by atoms with Crippen LogP contribution in [0.2, 0.25) is 0 Å². The number of hydrogen-bond acceptors (Lipinski definition) is 4. The van der Waals surface area contributed by atoms with Crippen molar-refractivity contribution in [3.8, 4) is 0 Å². The van der Waals surface area contributed by atoms with E-state index in [-0.39, 0.29) is 17.9 Å². The largest absolute Gasteiger partial charge is 0.444 e. The minimum Gasteiger partial charge on any atom is -0.444 e. The number of hydrogen-bond donors (Lipinski definition) is 2. The van der Waals surface area contributed by atoms with Crippen molar-refractivity contribution in [1.82, 2.24) is 15.5 Å². The molecular weight excluding hydrogens is 374 g/mol. The van der Waals surface area contributed by atoms with Gasteiger partial charge in [0, 0.05) is 19.6 Å². The average Bonchev–Trinajstić information content (AvgIpc) is 2.69. The summed E-state index contributed by atoms with van der Waals surface area (Å²) < 4.78 is 5.39. The summed E-state index contributed by atoms with van der Waals surface area (Å²) in [6, 6.07) is 7.91. The van der Waals surface area contributed by atoms with Crippen LogP contribution < -0.4 is 10.6 Å². The summed E-state index contributed by atoms with van der Waals surface area (Å²) in [6.45, 7) is 6.16. The Hall–Kier alpha value is -2.61. The Morgan fingerprint density at radius 3 is 2.31 bits per heavy atom. The number of amides is 3. The molecule has 159 valence electrons. The standard InChI is InChI=1S/C21H30N3O5/c1-21(2,3)29-20(28)24-11-9-15(10-12-24)13-22-19(27)18(23-17(26)14-25)16-7-5-4-6-8-16/h4-8,15,18H,9-14H2,1-3H3,(H,22,27)(H,23,26)/t18-/m1/s1. The van der Waals surface area contributed by atoms with Crippen LogP contribution in [0.5, 0.6) is 0 Å². The van der Waals surface area contributed by atoms with E-state index in [1.807, 2.05) is 26.8 Å². The fourth-order valence-electron chi connectivity index (χ4n) is 3.14. The molecule has 1 atom stereocenters. The van der Waals surface area contributed by atoms with Crippen LogP contribution in [0, 0.1) is 5.92 Å². The molecule has 0 aromatic heterocycles. The molecule has 2 N–H and O–H groups in total. The first-order valence-electron chi connectivity index (χ1n) is 9.87. The molecule has 0 saturated carbocycles. The van der Waals surface area contributed by atoms with Gasteiger partial charge in [-0.2, -0.15) is 0 Å². The second-order valence-electron chi connectivity index (χ2n) is 8.21. The molecule has 3 amide bonds. The number of piperidine rings is 1. The van der Waals surface area contributed by atoms with E-state index in [0.29, 0.717) is 25.2 Å². The van der Waals surface area contributed by atoms with Gasteiger partial charge < -0.3 is 20.3 Å². The predicted molar refractivity (Wildman–Crippen MR) is 106 cm³/mol. The highest BCUT2D eigenvalue weighted by Gasteiger charge is 2.28. The molecule has 8 heteroatoms. The molecule has 0 spiro atoms. The van der Waals surface area contributed by atoms with Gasteiger partial charge in [-0.1, -0.05) is 30.3 Å². The third kappa shape index (κ3) is 7.38. The minimum atomic E-state index is -0.931. The van der Waals surface area contributed by atoms with Gasteiger partial charge in [-0.05, 0) is 45.1 Å². The number of nitrogens with zero attached hydrogens (tertiary/aromatic N) is 1. The van der Waals surface area contributed by atoms with Crippen LogP contribution in [0.4, 0.5) is 4.79 Å². The van der Waals surface area contributed by atoms with Crippen molar-refractivity contribution < 1.29 is 24.2 Å². The molecule has 1 radical (unpaired) electrons. The second-order valence-corrected chi connectivity index (χ2v) is 8.21. The van der Waals surface area contributed by atoms with Crippen LogP contribution in [0.15, 0.2) is 30.3 Å². The van der Waals surface area contributed by atoms with E-state index < -0.39 is 24.2 Å². The molecular formula is C21H30N3O5. The predicted octanol–water partition coefficient (Wildman–Crippen LogP) is 2.04. The first kappa shape index (κ1) is 22.7. The number of nitrogens with one attached hydrogen (secondary N) is 2. The van der Waals surface area contributed by atoms with Gasteiger partial charge in [-0.25, -0.2) is 9.90 Å². The lowest BCUT2D eigenvalue weighted by Crippen LogP contribution is -2.45. The monoisotopic (exact) mass is 404 g/mol. The van der Waals surface area contributed by atoms with E-state index in [4.69, 9.17) is 4.74 Å². The summed E-state index contributed by atoms with van der Waals surface area (Å²) in [5, 5.41) is 16.2. The normalized spacial score (nSPS) is 16.1. The number of rotatable bonds is 6. The van der Waals surface area contributed by atoms with Crippen LogP contribution in [-0.4, -0.2) is 54.6 Å². The molecule has 1 aromatic rings. The van der Waals surface area contributed by atoms with Crippen molar-refractivity contribution in [3.63, 3.8) is 0 Å². The summed E-state index contributed by atoms with van der Waals surface area (Å²) in [4.78, 5) is 38.0. The van der Waals surface area contributed by atoms with Gasteiger partial charge in [0.05, 0.1) is 0 Å². The summed E-state index contributed by atoms with van der Waals surface area (Å²) in [5.41, 5.74) is 0.0923. The summed E-state index contributed by atoms with van der Waals surface area (Å²) >= 11 is 0. The first-order chi connectivity index (χ1) is 13.7. The molecule has 0 bridgehead atoms. The van der Waals surface area contributed by atoms with Gasteiger partial charge in [0.1, 0.15) is 11.6 Å². The lowest BCUT2D eigenvalue weighted by Gasteiger charge is -2.33. The van der Waals surface area contributed by atoms with E-state index in [1.165, 1.54) is 0 Å². The van der Waals surface area contributed by atoms with Crippen molar-refractivity contribution in [2.75, 3.05) is 26.2 Å². The Labute approximate surface area is 171 Å². The Morgan fingerprint density at radius 1 is 1.14 bits per heavy atom. The highest BCUT2D eigenvalue weighted by atomic mass is 16.6. The van der Waals surface area contributed by atoms with Crippen LogP contribution in [0.1, 0.15) is 45.2 Å². The number of likely N-dealkylation sites (tertiary alicyclic amines) is 1. The lowest BCUT2D eigenvalue weighted by molar-refractivity contribution is -0.131. The summed E-state index contributed by atoms with van der Waals surface area (Å²) in [7, 11) is 0. The first-order valence-corrected chi connectivity index (χ1v) is 9.87. The Bertz CT molecular complexity index is 694. The quantitative estimate of drug-likeness (QED) is 0.756. The number of benzene rings is 1. The molecule has 1 aliphatic heterocycles. The molecule has 1 saturated heterocycles. The second kappa shape index (κ2) is 10.2. The minimum absolute atomic E-state index is 0.226. The number of carbonyl (C=O) groups is 3. The van der Waals surface area contributed by atoms with Crippen molar-refractivity contribution in [2.24, 2.45) is 5.92 Å². The van der Waals surface area contributed by atoms with Gasteiger partial charge in [0.2, 0.25) is 11.8 Å². The molecule has 1 aromatic carbocycles. The zero-order valence-electron chi connectivity index (χ0n) is 17.3. The van der Waals surface area contributed by atoms with Gasteiger partial charge in [-0.15, -0.1) is 0 Å². The topological polar surface area (TPSA) is 108 Å². The molecule has 8 nitrogen and oxygen atoms in total. The Balaban J connectivity index is 1.86. The molecule has 2 rings (SSSR count). The smallest absolute Gasteiger partial charge is 0.410 e. The van der Waals surface area contributed by atoms with Crippen molar-refractivity contribution in [1.29, 1.82) is 0 Å². The molecule has 0 aliphatic carbocycles. The van der Waals surface area contributed by atoms with Gasteiger partial charge >= 0.3 is 6.09 Å². The van der Waals surface area contributed by atoms with E-state index in [1.54, 1.807) is 29.2 Å². The maximum Gasteiger partial charge on any atom is 0.410 e. The maximum atomic E-state index is 12.7. The van der Waals surface area contributed by atoms with E-state index >= 15 is 0 Å². The summed E-state index contributed by atoms with van der Waals surface area (Å²) in [6.07, 6.45) is 1.19. The molecule has 1 heterocycles. The number of ether oxygens (including phenoxy) is 1. The highest BCUT2D eigenvalue weighted by Crippen LogP contribution is 2.20. The van der Waals surface area contributed by atoms with Gasteiger partial charge in [0.15, 0.2) is 6.61 Å². The van der Waals surface area contributed by atoms with Crippen LogP contribution >= 0.6 is 0 Å². The van der Waals surface area contributed by atoms with E-state index in [0.717, 1.165) is 12.8 Å². The third-order valence-corrected chi connectivity index (χ3v) is 4.66. The summed E-state index contributed by atoms with van der Waals surface area (Å²) in [5.74, 6) is -0.850. The van der Waals surface area contributed by atoms with Crippen molar-refractivity contribution in [3.05, 3.63) is 35.9 Å². The zero-order valence-corrected chi connectivity index (χ0v) is 17.3. The fourth-order valence-corrected chi connectivity index (χ4v) is 3.14.